The molecular formula is C20H17ClN4S. The van der Waals surface area contributed by atoms with Crippen molar-refractivity contribution < 1.29 is 0 Å². The van der Waals surface area contributed by atoms with Crippen LogP contribution in [0, 0.1) is 6.92 Å². The van der Waals surface area contributed by atoms with Gasteiger partial charge in [-0.3, -0.25) is 0 Å². The summed E-state index contributed by atoms with van der Waals surface area (Å²) in [4.78, 5) is 0. The lowest BCUT2D eigenvalue weighted by molar-refractivity contribution is 1.23. The second-order valence-corrected chi connectivity index (χ2v) is 6.47. The molecule has 3 aromatic rings. The number of hydrogen-bond donors (Lipinski definition) is 2. The molecule has 0 saturated heterocycles. The fourth-order valence-corrected chi connectivity index (χ4v) is 2.64. The summed E-state index contributed by atoms with van der Waals surface area (Å²) in [5.41, 5.74) is 4.39. The molecule has 0 aliphatic rings. The van der Waals surface area contributed by atoms with Crippen molar-refractivity contribution in [2.75, 3.05) is 10.6 Å². The number of nitrogens with one attached hydrogen (secondary N) is 2. The largest absolute Gasteiger partial charge is 0.332 e. The zero-order valence-electron chi connectivity index (χ0n) is 14.1. The van der Waals surface area contributed by atoms with Crippen LogP contribution >= 0.6 is 23.8 Å². The van der Waals surface area contributed by atoms with Crippen molar-refractivity contribution in [2.45, 2.75) is 6.92 Å². The quantitative estimate of drug-likeness (QED) is 0.383. The second kappa shape index (κ2) is 8.56. The average Bonchev–Trinajstić information content (AvgIpc) is 2.65. The molecule has 0 atom stereocenters. The lowest BCUT2D eigenvalue weighted by Gasteiger charge is -2.13. The Labute approximate surface area is 162 Å². The van der Waals surface area contributed by atoms with E-state index in [0.717, 1.165) is 28.3 Å². The average molecular weight is 381 g/mol. The molecule has 0 amide bonds. The van der Waals surface area contributed by atoms with Gasteiger partial charge in [0.15, 0.2) is 5.11 Å². The smallest absolute Gasteiger partial charge is 0.175 e. The Hall–Kier alpha value is -2.76. The number of nitrogens with zero attached hydrogens (tertiary/aromatic N) is 2. The van der Waals surface area contributed by atoms with Gasteiger partial charge in [-0.2, -0.15) is 10.2 Å². The van der Waals surface area contributed by atoms with Crippen molar-refractivity contribution in [3.63, 3.8) is 0 Å². The SMILES string of the molecule is Cc1ccc(Cl)cc1NC(=S)Nc1ccc(N=Nc2ccccc2)cc1. The number of thiocarbonyl (C=S) groups is 1. The first-order valence-electron chi connectivity index (χ1n) is 8.01. The van der Waals surface area contributed by atoms with E-state index in [-0.39, 0.29) is 0 Å². The van der Waals surface area contributed by atoms with Crippen LogP contribution in [0.4, 0.5) is 22.7 Å². The Bertz CT molecular complexity index is 924. The molecule has 3 aromatic carbocycles. The molecule has 0 aliphatic carbocycles. The number of benzene rings is 3. The first-order chi connectivity index (χ1) is 12.6. The normalized spacial score (nSPS) is 10.7. The molecule has 0 aliphatic heterocycles. The van der Waals surface area contributed by atoms with E-state index in [1.807, 2.05) is 79.7 Å². The zero-order valence-corrected chi connectivity index (χ0v) is 15.7. The van der Waals surface area contributed by atoms with Crippen molar-refractivity contribution in [1.82, 2.24) is 0 Å². The Morgan fingerprint density at radius 3 is 2.19 bits per heavy atom. The summed E-state index contributed by atoms with van der Waals surface area (Å²) in [6.45, 7) is 1.99. The van der Waals surface area contributed by atoms with Gasteiger partial charge in [-0.25, -0.2) is 0 Å². The first kappa shape index (κ1) is 18.0. The summed E-state index contributed by atoms with van der Waals surface area (Å²) in [6.07, 6.45) is 0. The van der Waals surface area contributed by atoms with Crippen molar-refractivity contribution >= 4 is 51.7 Å². The molecule has 26 heavy (non-hydrogen) atoms. The van der Waals surface area contributed by atoms with E-state index in [9.17, 15) is 0 Å². The van der Waals surface area contributed by atoms with E-state index < -0.39 is 0 Å². The Morgan fingerprint density at radius 1 is 0.846 bits per heavy atom. The van der Waals surface area contributed by atoms with Gasteiger partial charge in [0.1, 0.15) is 0 Å². The molecule has 0 unspecified atom stereocenters. The summed E-state index contributed by atoms with van der Waals surface area (Å²) in [5.74, 6) is 0. The number of anilines is 2. The number of halogens is 1. The van der Waals surface area contributed by atoms with Crippen LogP contribution in [0.2, 0.25) is 5.02 Å². The molecule has 3 rings (SSSR count). The van der Waals surface area contributed by atoms with Crippen LogP contribution < -0.4 is 10.6 Å². The molecule has 0 saturated carbocycles. The van der Waals surface area contributed by atoms with Crippen molar-refractivity contribution in [3.05, 3.63) is 83.4 Å². The maximum absolute atomic E-state index is 6.03. The highest BCUT2D eigenvalue weighted by atomic mass is 35.5. The van der Waals surface area contributed by atoms with Gasteiger partial charge in [-0.1, -0.05) is 35.9 Å². The number of aryl methyl sites for hydroxylation is 1. The van der Waals surface area contributed by atoms with Gasteiger partial charge >= 0.3 is 0 Å². The number of hydrogen-bond acceptors (Lipinski definition) is 3. The van der Waals surface area contributed by atoms with Crippen LogP contribution in [0.25, 0.3) is 0 Å². The van der Waals surface area contributed by atoms with Crippen LogP contribution in [-0.2, 0) is 0 Å². The van der Waals surface area contributed by atoms with Gasteiger partial charge in [0.2, 0.25) is 0 Å². The number of azo groups is 1. The van der Waals surface area contributed by atoms with Gasteiger partial charge in [0.25, 0.3) is 0 Å². The van der Waals surface area contributed by atoms with E-state index in [1.165, 1.54) is 0 Å². The topological polar surface area (TPSA) is 48.8 Å². The predicted octanol–water partition coefficient (Wildman–Crippen LogP) is 6.87. The zero-order chi connectivity index (χ0) is 18.4. The molecule has 0 spiro atoms. The third kappa shape index (κ3) is 5.12. The standard InChI is InChI=1S/C20H17ClN4S/c1-14-7-8-15(21)13-19(14)23-20(26)22-16-9-11-18(12-10-16)25-24-17-5-3-2-4-6-17/h2-13H,1H3,(H2,22,23,26). The van der Waals surface area contributed by atoms with E-state index in [0.29, 0.717) is 10.1 Å². The molecule has 0 bridgehead atoms. The molecule has 0 heterocycles. The highest BCUT2D eigenvalue weighted by Gasteiger charge is 2.03. The van der Waals surface area contributed by atoms with E-state index >= 15 is 0 Å². The van der Waals surface area contributed by atoms with E-state index in [4.69, 9.17) is 23.8 Å². The van der Waals surface area contributed by atoms with Crippen molar-refractivity contribution in [1.29, 1.82) is 0 Å². The van der Waals surface area contributed by atoms with Crippen molar-refractivity contribution in [2.24, 2.45) is 10.2 Å². The Morgan fingerprint density at radius 2 is 1.50 bits per heavy atom. The molecule has 130 valence electrons. The Balaban J connectivity index is 1.61. The second-order valence-electron chi connectivity index (χ2n) is 5.62. The maximum Gasteiger partial charge on any atom is 0.175 e. The van der Waals surface area contributed by atoms with Gasteiger partial charge in [-0.15, -0.1) is 0 Å². The minimum atomic E-state index is 0.494. The Kier molecular flexibility index (Phi) is 5.94. The molecule has 0 aromatic heterocycles. The van der Waals surface area contributed by atoms with Crippen molar-refractivity contribution in [3.8, 4) is 0 Å². The lowest BCUT2D eigenvalue weighted by atomic mass is 10.2. The fourth-order valence-electron chi connectivity index (χ4n) is 2.24. The van der Waals surface area contributed by atoms with Gasteiger partial charge < -0.3 is 10.6 Å². The molecule has 4 nitrogen and oxygen atoms in total. The monoisotopic (exact) mass is 380 g/mol. The van der Waals surface area contributed by atoms with Gasteiger partial charge in [0.05, 0.1) is 11.4 Å². The van der Waals surface area contributed by atoms with Gasteiger partial charge in [-0.05, 0) is 73.2 Å². The molecule has 2 N–H and O–H groups in total. The highest BCUT2D eigenvalue weighted by molar-refractivity contribution is 7.80. The number of rotatable bonds is 4. The van der Waals surface area contributed by atoms with Crippen LogP contribution in [0.1, 0.15) is 5.56 Å². The molecule has 6 heteroatoms. The summed E-state index contributed by atoms with van der Waals surface area (Å²) < 4.78 is 0. The van der Waals surface area contributed by atoms with Gasteiger partial charge in [0, 0.05) is 16.4 Å². The van der Waals surface area contributed by atoms with Crippen LogP contribution in [-0.4, -0.2) is 5.11 Å². The summed E-state index contributed by atoms with van der Waals surface area (Å²) in [7, 11) is 0. The minimum absolute atomic E-state index is 0.494. The predicted molar refractivity (Wildman–Crippen MR) is 113 cm³/mol. The first-order valence-corrected chi connectivity index (χ1v) is 8.80. The maximum atomic E-state index is 6.03. The summed E-state index contributed by atoms with van der Waals surface area (Å²) in [5, 5.41) is 15.9. The lowest BCUT2D eigenvalue weighted by Crippen LogP contribution is -2.19. The molecule has 0 fully saturated rings. The van der Waals surface area contributed by atoms with E-state index in [1.54, 1.807) is 0 Å². The third-order valence-corrected chi connectivity index (χ3v) is 4.05. The minimum Gasteiger partial charge on any atom is -0.332 e. The fraction of sp³-hybridized carbons (Fsp3) is 0.0500. The van der Waals surface area contributed by atoms with E-state index in [2.05, 4.69) is 20.9 Å². The third-order valence-electron chi connectivity index (χ3n) is 3.61. The summed E-state index contributed by atoms with van der Waals surface area (Å²) in [6, 6.07) is 22.8. The highest BCUT2D eigenvalue weighted by Crippen LogP contribution is 2.22. The summed E-state index contributed by atoms with van der Waals surface area (Å²) >= 11 is 11.4. The van der Waals surface area contributed by atoms with Crippen LogP contribution in [0.5, 0.6) is 0 Å². The molecular weight excluding hydrogens is 364 g/mol. The van der Waals surface area contributed by atoms with Crippen LogP contribution in [0.15, 0.2) is 83.0 Å². The van der Waals surface area contributed by atoms with Crippen LogP contribution in [0.3, 0.4) is 0 Å². The molecule has 0 radical (unpaired) electrons.